The largest absolute Gasteiger partial charge is 0.351 e. The molecular weight excluding hydrogens is 284 g/mol. The molecule has 0 atom stereocenters. The Morgan fingerprint density at radius 3 is 2.65 bits per heavy atom. The van der Waals surface area contributed by atoms with Crippen molar-refractivity contribution in [1.82, 2.24) is 4.57 Å². The first-order chi connectivity index (χ1) is 7.93. The number of amides is 1. The van der Waals surface area contributed by atoms with Crippen LogP contribution >= 0.6 is 15.9 Å². The van der Waals surface area contributed by atoms with Crippen LogP contribution in [-0.2, 0) is 11.3 Å². The fourth-order valence-corrected chi connectivity index (χ4v) is 1.77. The normalized spacial score (nSPS) is 9.88. The lowest BCUT2D eigenvalue weighted by molar-refractivity contribution is -0.112. The number of carbonyl (C=O) groups excluding carboxylic acids is 1. The highest BCUT2D eigenvalue weighted by Gasteiger charge is 2.07. The van der Waals surface area contributed by atoms with Gasteiger partial charge in [0.25, 0.3) is 0 Å². The Morgan fingerprint density at radius 2 is 2.12 bits per heavy atom. The Hall–Kier alpha value is -1.36. The average Bonchev–Trinajstić information content (AvgIpc) is 2.23. The van der Waals surface area contributed by atoms with Gasteiger partial charge in [-0.05, 0) is 36.7 Å². The molecule has 1 rings (SSSR count). The zero-order valence-corrected chi connectivity index (χ0v) is 11.7. The Morgan fingerprint density at radius 1 is 1.47 bits per heavy atom. The Balaban J connectivity index is 3.06. The first kappa shape index (κ1) is 13.7. The van der Waals surface area contributed by atoms with Crippen molar-refractivity contribution in [1.29, 1.82) is 0 Å². The molecule has 1 amide bonds. The van der Waals surface area contributed by atoms with Gasteiger partial charge in [-0.3, -0.25) is 9.59 Å². The van der Waals surface area contributed by atoms with E-state index in [1.807, 2.05) is 25.3 Å². The van der Waals surface area contributed by atoms with Crippen LogP contribution in [0.25, 0.3) is 0 Å². The van der Waals surface area contributed by atoms with Crippen LogP contribution in [0, 0.1) is 0 Å². The van der Waals surface area contributed by atoms with E-state index in [0.29, 0.717) is 4.47 Å². The maximum Gasteiger partial charge on any atom is 0.248 e. The minimum atomic E-state index is -0.289. The monoisotopic (exact) mass is 298 g/mol. The van der Waals surface area contributed by atoms with E-state index in [1.165, 1.54) is 6.08 Å². The molecule has 0 aromatic carbocycles. The third kappa shape index (κ3) is 3.85. The highest BCUT2D eigenvalue weighted by Crippen LogP contribution is 2.09. The van der Waals surface area contributed by atoms with Gasteiger partial charge < -0.3 is 9.88 Å². The van der Waals surface area contributed by atoms with Crippen LogP contribution in [0.4, 0.5) is 5.69 Å². The molecule has 0 bridgehead atoms. The molecule has 4 nitrogen and oxygen atoms in total. The van der Waals surface area contributed by atoms with Crippen LogP contribution in [0.15, 0.2) is 33.3 Å². The molecule has 1 N–H and O–H groups in total. The fraction of sp³-hybridized carbons (Fsp3) is 0.333. The molecule has 0 aliphatic rings. The van der Waals surface area contributed by atoms with Gasteiger partial charge in [0.05, 0.1) is 4.47 Å². The van der Waals surface area contributed by atoms with E-state index in [9.17, 15) is 9.59 Å². The number of nitrogens with zero attached hydrogens (tertiary/aromatic N) is 1. The molecule has 1 aromatic rings. The minimum Gasteiger partial charge on any atom is -0.351 e. The summed E-state index contributed by atoms with van der Waals surface area (Å²) in [5, 5.41) is 2.58. The lowest BCUT2D eigenvalue weighted by Gasteiger charge is -2.07. The predicted molar refractivity (Wildman–Crippen MR) is 72.1 cm³/mol. The zero-order chi connectivity index (χ0) is 13.0. The number of halogens is 1. The molecule has 1 heterocycles. The fourth-order valence-electron chi connectivity index (χ4n) is 1.30. The summed E-state index contributed by atoms with van der Waals surface area (Å²) < 4.78 is 2.26. The van der Waals surface area contributed by atoms with Crippen molar-refractivity contribution in [3.05, 3.63) is 38.7 Å². The molecule has 1 aromatic heterocycles. The standard InChI is InChI=1S/C12H15BrN2O2/c1-4-15-6-9(13)12(17)10(7-15)14-11(16)5-8(2)3/h5-7H,4H2,1-3H3,(H,14,16). The van der Waals surface area contributed by atoms with E-state index >= 15 is 0 Å². The number of aryl methyl sites for hydroxylation is 1. The first-order valence-corrected chi connectivity index (χ1v) is 6.08. The second kappa shape index (κ2) is 5.82. The molecule has 17 heavy (non-hydrogen) atoms. The van der Waals surface area contributed by atoms with Gasteiger partial charge in [-0.1, -0.05) is 5.57 Å². The molecule has 0 spiro atoms. The van der Waals surface area contributed by atoms with Gasteiger partial charge in [0.15, 0.2) is 0 Å². The van der Waals surface area contributed by atoms with Crippen molar-refractivity contribution >= 4 is 27.5 Å². The third-order valence-corrected chi connectivity index (χ3v) is 2.64. The number of allylic oxidation sites excluding steroid dienone is 1. The molecule has 0 unspecified atom stereocenters. The van der Waals surface area contributed by atoms with Crippen LogP contribution in [-0.4, -0.2) is 10.5 Å². The third-order valence-electron chi connectivity index (χ3n) is 2.08. The van der Waals surface area contributed by atoms with Crippen molar-refractivity contribution in [2.75, 3.05) is 5.32 Å². The number of aromatic nitrogens is 1. The van der Waals surface area contributed by atoms with Gasteiger partial charge in [0.2, 0.25) is 11.3 Å². The van der Waals surface area contributed by atoms with Crippen LogP contribution in [0.2, 0.25) is 0 Å². The lowest BCUT2D eigenvalue weighted by Crippen LogP contribution is -2.19. The lowest BCUT2D eigenvalue weighted by atomic mass is 10.3. The summed E-state index contributed by atoms with van der Waals surface area (Å²) in [5.74, 6) is -0.289. The summed E-state index contributed by atoms with van der Waals surface area (Å²) in [7, 11) is 0. The SMILES string of the molecule is CCn1cc(Br)c(=O)c(NC(=O)C=C(C)C)c1. The molecule has 0 radical (unpaired) electrons. The molecule has 5 heteroatoms. The first-order valence-electron chi connectivity index (χ1n) is 5.29. The molecule has 0 aliphatic carbocycles. The summed E-state index contributed by atoms with van der Waals surface area (Å²) in [6.07, 6.45) is 4.78. The van der Waals surface area contributed by atoms with E-state index in [4.69, 9.17) is 0 Å². The van der Waals surface area contributed by atoms with Gasteiger partial charge >= 0.3 is 0 Å². The molecule has 0 saturated carbocycles. The van der Waals surface area contributed by atoms with Gasteiger partial charge in [0, 0.05) is 25.0 Å². The molecule has 92 valence electrons. The number of pyridine rings is 1. The summed E-state index contributed by atoms with van der Waals surface area (Å²) in [5.41, 5.74) is 0.947. The van der Waals surface area contributed by atoms with Crippen molar-refractivity contribution in [3.8, 4) is 0 Å². The van der Waals surface area contributed by atoms with E-state index < -0.39 is 0 Å². The predicted octanol–water partition coefficient (Wildman–Crippen LogP) is 2.54. The van der Waals surface area contributed by atoms with E-state index in [2.05, 4.69) is 21.2 Å². The van der Waals surface area contributed by atoms with Crippen LogP contribution in [0.3, 0.4) is 0 Å². The van der Waals surface area contributed by atoms with Crippen LogP contribution in [0.5, 0.6) is 0 Å². The number of rotatable bonds is 3. The van der Waals surface area contributed by atoms with Gasteiger partial charge in [0.1, 0.15) is 5.69 Å². The molecule has 0 saturated heterocycles. The summed E-state index contributed by atoms with van der Waals surface area (Å²) >= 11 is 3.18. The maximum atomic E-state index is 11.8. The van der Waals surface area contributed by atoms with Crippen molar-refractivity contribution < 1.29 is 4.79 Å². The molecule has 0 aliphatic heterocycles. The van der Waals surface area contributed by atoms with Crippen molar-refractivity contribution in [2.45, 2.75) is 27.3 Å². The van der Waals surface area contributed by atoms with Crippen molar-refractivity contribution in [2.24, 2.45) is 0 Å². The van der Waals surface area contributed by atoms with Gasteiger partial charge in [-0.25, -0.2) is 0 Å². The van der Waals surface area contributed by atoms with Crippen LogP contribution in [0.1, 0.15) is 20.8 Å². The van der Waals surface area contributed by atoms with Gasteiger partial charge in [-0.15, -0.1) is 0 Å². The minimum absolute atomic E-state index is 0.217. The molecule has 0 fully saturated rings. The van der Waals surface area contributed by atoms with Gasteiger partial charge in [-0.2, -0.15) is 0 Å². The smallest absolute Gasteiger partial charge is 0.248 e. The van der Waals surface area contributed by atoms with E-state index in [-0.39, 0.29) is 17.0 Å². The number of hydrogen-bond acceptors (Lipinski definition) is 2. The van der Waals surface area contributed by atoms with E-state index in [1.54, 1.807) is 12.4 Å². The summed E-state index contributed by atoms with van der Waals surface area (Å²) in [6.45, 7) is 6.33. The summed E-state index contributed by atoms with van der Waals surface area (Å²) in [6, 6.07) is 0. The highest BCUT2D eigenvalue weighted by molar-refractivity contribution is 9.10. The Kier molecular flexibility index (Phi) is 4.69. The Labute approximate surface area is 108 Å². The van der Waals surface area contributed by atoms with Crippen molar-refractivity contribution in [3.63, 3.8) is 0 Å². The quantitative estimate of drug-likeness (QED) is 0.872. The second-order valence-corrected chi connectivity index (χ2v) is 4.74. The summed E-state index contributed by atoms with van der Waals surface area (Å²) in [4.78, 5) is 23.3. The number of nitrogens with one attached hydrogen (secondary N) is 1. The van der Waals surface area contributed by atoms with Crippen LogP contribution < -0.4 is 10.7 Å². The Bertz CT molecular complexity index is 514. The second-order valence-electron chi connectivity index (χ2n) is 3.89. The zero-order valence-electron chi connectivity index (χ0n) is 10.1. The maximum absolute atomic E-state index is 11.8. The molecular formula is C12H15BrN2O2. The number of anilines is 1. The topological polar surface area (TPSA) is 51.1 Å². The average molecular weight is 299 g/mol. The highest BCUT2D eigenvalue weighted by atomic mass is 79.9. The number of hydrogen-bond donors (Lipinski definition) is 1. The van der Waals surface area contributed by atoms with E-state index in [0.717, 1.165) is 12.1 Å². The number of carbonyl (C=O) groups is 1.